The summed E-state index contributed by atoms with van der Waals surface area (Å²) in [6, 6.07) is 0. The lowest BCUT2D eigenvalue weighted by Gasteiger charge is -1.97. The van der Waals surface area contributed by atoms with Gasteiger partial charge in [0.2, 0.25) is 0 Å². The molecule has 2 N–H and O–H groups in total. The second-order valence-corrected chi connectivity index (χ2v) is 4.16. The minimum Gasteiger partial charge on any atom is -0.481 e. The molecule has 4 nitrogen and oxygen atoms in total. The maximum absolute atomic E-state index is 9.00. The summed E-state index contributed by atoms with van der Waals surface area (Å²) in [7, 11) is 0. The van der Waals surface area contributed by atoms with Crippen LogP contribution in [0.3, 0.4) is 0 Å². The standard InChI is InChI=1S/C10H22.2C2H4O2/c1-3-5-7-9-10-8-6-4-2;2*1-2(3)4/h3-10H2,1-2H3;2*1H3,(H,3,4). The molecule has 0 bridgehead atoms. The highest BCUT2D eigenvalue weighted by atomic mass is 16.4. The van der Waals surface area contributed by atoms with Gasteiger partial charge in [0.25, 0.3) is 11.9 Å². The Bertz CT molecular complexity index is 151. The molecule has 4 heteroatoms. The second-order valence-electron chi connectivity index (χ2n) is 4.16. The largest absolute Gasteiger partial charge is 0.481 e. The van der Waals surface area contributed by atoms with Crippen molar-refractivity contribution >= 4 is 11.9 Å². The van der Waals surface area contributed by atoms with Gasteiger partial charge in [-0.05, 0) is 0 Å². The van der Waals surface area contributed by atoms with Crippen molar-refractivity contribution in [1.82, 2.24) is 0 Å². The average Bonchev–Trinajstić information content (AvgIpc) is 2.22. The Kier molecular flexibility index (Phi) is 26.1. The van der Waals surface area contributed by atoms with Gasteiger partial charge in [-0.2, -0.15) is 0 Å². The Hall–Kier alpha value is -1.06. The average molecular weight is 262 g/mol. The molecule has 0 spiro atoms. The quantitative estimate of drug-likeness (QED) is 0.670. The summed E-state index contributed by atoms with van der Waals surface area (Å²) < 4.78 is 0. The van der Waals surface area contributed by atoms with Crippen LogP contribution in [0.2, 0.25) is 0 Å². The zero-order chi connectivity index (χ0) is 14.8. The summed E-state index contributed by atoms with van der Waals surface area (Å²) in [4.78, 5) is 18.0. The first-order valence-corrected chi connectivity index (χ1v) is 6.77. The number of carbonyl (C=O) groups is 2. The van der Waals surface area contributed by atoms with Crippen LogP contribution in [0.15, 0.2) is 0 Å². The number of unbranched alkanes of at least 4 members (excludes halogenated alkanes) is 7. The van der Waals surface area contributed by atoms with Gasteiger partial charge in [0.15, 0.2) is 0 Å². The van der Waals surface area contributed by atoms with Gasteiger partial charge in [-0.25, -0.2) is 0 Å². The highest BCUT2D eigenvalue weighted by Gasteiger charge is 1.87. The Morgan fingerprint density at radius 3 is 1.00 bits per heavy atom. The van der Waals surface area contributed by atoms with E-state index in [1.165, 1.54) is 51.4 Å². The molecular formula is C14H30O4. The summed E-state index contributed by atoms with van der Waals surface area (Å²) in [6.07, 6.45) is 11.5. The first-order valence-electron chi connectivity index (χ1n) is 6.77. The fraction of sp³-hybridized carbons (Fsp3) is 0.857. The van der Waals surface area contributed by atoms with Crippen LogP contribution >= 0.6 is 0 Å². The molecule has 0 aliphatic carbocycles. The molecule has 0 aliphatic rings. The van der Waals surface area contributed by atoms with E-state index in [4.69, 9.17) is 19.8 Å². The van der Waals surface area contributed by atoms with Crippen molar-refractivity contribution in [2.75, 3.05) is 0 Å². The third-order valence-corrected chi connectivity index (χ3v) is 1.96. The normalized spacial score (nSPS) is 8.44. The van der Waals surface area contributed by atoms with E-state index in [0.29, 0.717) is 0 Å². The zero-order valence-corrected chi connectivity index (χ0v) is 12.4. The van der Waals surface area contributed by atoms with E-state index in [9.17, 15) is 0 Å². The molecule has 18 heavy (non-hydrogen) atoms. The molecule has 0 heterocycles. The maximum Gasteiger partial charge on any atom is 0.300 e. The second kappa shape index (κ2) is 21.2. The van der Waals surface area contributed by atoms with Crippen LogP contribution in [0.25, 0.3) is 0 Å². The number of aliphatic carboxylic acids is 2. The molecule has 0 atom stereocenters. The topological polar surface area (TPSA) is 74.6 Å². The summed E-state index contributed by atoms with van der Waals surface area (Å²) >= 11 is 0. The Morgan fingerprint density at radius 1 is 0.667 bits per heavy atom. The van der Waals surface area contributed by atoms with Gasteiger partial charge in [0.1, 0.15) is 0 Å². The predicted octanol–water partition coefficient (Wildman–Crippen LogP) is 4.33. The van der Waals surface area contributed by atoms with Crippen LogP contribution in [-0.4, -0.2) is 22.2 Å². The number of carboxylic acid groups (broad SMARTS) is 2. The third kappa shape index (κ3) is 82.3. The molecule has 0 saturated heterocycles. The van der Waals surface area contributed by atoms with Crippen molar-refractivity contribution in [2.24, 2.45) is 0 Å². The summed E-state index contributed by atoms with van der Waals surface area (Å²) in [5.74, 6) is -1.67. The van der Waals surface area contributed by atoms with Crippen LogP contribution in [0.5, 0.6) is 0 Å². The molecule has 110 valence electrons. The molecule has 0 rings (SSSR count). The van der Waals surface area contributed by atoms with Crippen molar-refractivity contribution in [3.05, 3.63) is 0 Å². The van der Waals surface area contributed by atoms with E-state index in [1.807, 2.05) is 0 Å². The molecule has 0 aromatic heterocycles. The minimum absolute atomic E-state index is 0.833. The highest BCUT2D eigenvalue weighted by Crippen LogP contribution is 2.07. The zero-order valence-electron chi connectivity index (χ0n) is 12.4. The molecule has 0 unspecified atom stereocenters. The van der Waals surface area contributed by atoms with Crippen LogP contribution in [0, 0.1) is 0 Å². The van der Waals surface area contributed by atoms with E-state index in [1.54, 1.807) is 0 Å². The number of rotatable bonds is 7. The SMILES string of the molecule is CC(=O)O.CC(=O)O.CCCCCCCCCC. The van der Waals surface area contributed by atoms with Crippen molar-refractivity contribution in [3.8, 4) is 0 Å². The van der Waals surface area contributed by atoms with E-state index in [2.05, 4.69) is 13.8 Å². The van der Waals surface area contributed by atoms with E-state index < -0.39 is 11.9 Å². The van der Waals surface area contributed by atoms with Gasteiger partial charge in [0.05, 0.1) is 0 Å². The highest BCUT2D eigenvalue weighted by molar-refractivity contribution is 5.63. The Morgan fingerprint density at radius 2 is 0.833 bits per heavy atom. The monoisotopic (exact) mass is 262 g/mol. The molecule has 0 aromatic rings. The number of hydrogen-bond acceptors (Lipinski definition) is 2. The van der Waals surface area contributed by atoms with Gasteiger partial charge in [-0.3, -0.25) is 9.59 Å². The molecule has 0 aliphatic heterocycles. The lowest BCUT2D eigenvalue weighted by molar-refractivity contribution is -0.135. The summed E-state index contributed by atoms with van der Waals surface area (Å²) in [5.41, 5.74) is 0. The molecule has 0 fully saturated rings. The molecular weight excluding hydrogens is 232 g/mol. The maximum atomic E-state index is 9.00. The van der Waals surface area contributed by atoms with Crippen molar-refractivity contribution in [3.63, 3.8) is 0 Å². The van der Waals surface area contributed by atoms with Crippen molar-refractivity contribution < 1.29 is 19.8 Å². The number of carboxylic acids is 2. The molecule has 0 amide bonds. The predicted molar refractivity (Wildman–Crippen MR) is 74.9 cm³/mol. The molecule has 0 radical (unpaired) electrons. The van der Waals surface area contributed by atoms with Crippen LogP contribution in [-0.2, 0) is 9.59 Å². The first kappa shape index (κ1) is 22.1. The van der Waals surface area contributed by atoms with E-state index in [-0.39, 0.29) is 0 Å². The lowest BCUT2D eigenvalue weighted by Crippen LogP contribution is -1.78. The Labute approximate surface area is 111 Å². The summed E-state index contributed by atoms with van der Waals surface area (Å²) in [6.45, 7) is 6.71. The van der Waals surface area contributed by atoms with Gasteiger partial charge in [0, 0.05) is 13.8 Å². The fourth-order valence-electron chi connectivity index (χ4n) is 1.21. The smallest absolute Gasteiger partial charge is 0.300 e. The van der Waals surface area contributed by atoms with E-state index >= 15 is 0 Å². The third-order valence-electron chi connectivity index (χ3n) is 1.96. The van der Waals surface area contributed by atoms with Crippen LogP contribution in [0.4, 0.5) is 0 Å². The van der Waals surface area contributed by atoms with Crippen LogP contribution < -0.4 is 0 Å². The minimum atomic E-state index is -0.833. The van der Waals surface area contributed by atoms with Gasteiger partial charge in [-0.15, -0.1) is 0 Å². The molecule has 0 saturated carbocycles. The number of hydrogen-bond donors (Lipinski definition) is 2. The van der Waals surface area contributed by atoms with E-state index in [0.717, 1.165) is 13.8 Å². The Balaban J connectivity index is -0.000000233. The van der Waals surface area contributed by atoms with Gasteiger partial charge < -0.3 is 10.2 Å². The van der Waals surface area contributed by atoms with Crippen molar-refractivity contribution in [2.45, 2.75) is 79.1 Å². The van der Waals surface area contributed by atoms with Gasteiger partial charge in [-0.1, -0.05) is 65.2 Å². The fourth-order valence-corrected chi connectivity index (χ4v) is 1.21. The van der Waals surface area contributed by atoms with Gasteiger partial charge >= 0.3 is 0 Å². The summed E-state index contributed by atoms with van der Waals surface area (Å²) in [5, 5.41) is 14.8. The first-order chi connectivity index (χ1) is 8.38. The molecule has 0 aromatic carbocycles. The van der Waals surface area contributed by atoms with Crippen LogP contribution in [0.1, 0.15) is 79.1 Å². The lowest BCUT2D eigenvalue weighted by atomic mass is 10.1. The van der Waals surface area contributed by atoms with Crippen molar-refractivity contribution in [1.29, 1.82) is 0 Å².